The topological polar surface area (TPSA) is 35.2 Å². The van der Waals surface area contributed by atoms with Crippen LogP contribution in [0.25, 0.3) is 0 Å². The average molecular weight is 249 g/mol. The van der Waals surface area contributed by atoms with Crippen molar-refractivity contribution in [2.45, 2.75) is 52.2 Å². The Balaban J connectivity index is 2.49. The number of rotatable bonds is 6. The molecule has 0 bridgehead atoms. The minimum Gasteiger partial charge on any atom is -0.413 e. The number of hydrogen-bond acceptors (Lipinski definition) is 2. The number of nitrogen functional groups attached to an aromatic ring is 1. The maximum Gasteiger partial charge on any atom is 0.236 e. The van der Waals surface area contributed by atoms with Crippen molar-refractivity contribution in [2.75, 3.05) is 5.73 Å². The summed E-state index contributed by atoms with van der Waals surface area (Å²) >= 11 is 0. The van der Waals surface area contributed by atoms with Gasteiger partial charge in [-0.2, -0.15) is 0 Å². The molecule has 0 aromatic heterocycles. The first-order valence-corrected chi connectivity index (χ1v) is 7.10. The summed E-state index contributed by atoms with van der Waals surface area (Å²) in [6.07, 6.45) is 2.42. The molecule has 1 rings (SSSR count). The number of hydrogen-bond donors (Lipinski definition) is 1. The molecule has 0 spiro atoms. The first-order valence-electron chi connectivity index (χ1n) is 6.19. The molecule has 0 fully saturated rings. The first-order chi connectivity index (χ1) is 7.96. The molecule has 0 aliphatic rings. The Morgan fingerprint density at radius 3 is 2.71 bits per heavy atom. The van der Waals surface area contributed by atoms with Crippen LogP contribution in [-0.4, -0.2) is 9.76 Å². The second kappa shape index (κ2) is 6.22. The third-order valence-corrected chi connectivity index (χ3v) is 4.03. The third kappa shape index (κ3) is 4.52. The lowest BCUT2D eigenvalue weighted by atomic mass is 10.1. The summed E-state index contributed by atoms with van der Waals surface area (Å²) in [6, 6.07) is 6.01. The van der Waals surface area contributed by atoms with Crippen LogP contribution >= 0.6 is 0 Å². The predicted octanol–water partition coefficient (Wildman–Crippen LogP) is 3.71. The van der Waals surface area contributed by atoms with Gasteiger partial charge in [-0.15, -0.1) is 0 Å². The van der Waals surface area contributed by atoms with Crippen molar-refractivity contribution in [3.8, 4) is 0 Å². The lowest BCUT2D eigenvalue weighted by Gasteiger charge is -2.22. The molecule has 2 radical (unpaired) electrons. The molecule has 17 heavy (non-hydrogen) atoms. The fraction of sp³-hybridized carbons (Fsp3) is 0.571. The minimum absolute atomic E-state index is 0.295. The van der Waals surface area contributed by atoms with Crippen LogP contribution in [0.3, 0.4) is 0 Å². The van der Waals surface area contributed by atoms with Crippen molar-refractivity contribution < 1.29 is 4.43 Å². The lowest BCUT2D eigenvalue weighted by Crippen LogP contribution is -2.16. The van der Waals surface area contributed by atoms with Crippen LogP contribution in [0, 0.1) is 6.92 Å². The van der Waals surface area contributed by atoms with Crippen molar-refractivity contribution in [1.82, 2.24) is 0 Å². The summed E-state index contributed by atoms with van der Waals surface area (Å²) in [4.78, 5) is 0. The number of benzene rings is 1. The molecular formula is C14H23NOSi. The zero-order valence-corrected chi connectivity index (χ0v) is 12.3. The SMILES string of the molecule is CCCC(C)(C)[Si]OCc1cccc(N)c1C. The maximum atomic E-state index is 5.87. The van der Waals surface area contributed by atoms with E-state index in [1.54, 1.807) is 0 Å². The molecule has 0 heterocycles. The summed E-state index contributed by atoms with van der Waals surface area (Å²) in [5.41, 5.74) is 9.06. The lowest BCUT2D eigenvalue weighted by molar-refractivity contribution is 0.302. The minimum atomic E-state index is 0.295. The van der Waals surface area contributed by atoms with E-state index in [0.29, 0.717) is 21.4 Å². The molecular weight excluding hydrogens is 226 g/mol. The summed E-state index contributed by atoms with van der Waals surface area (Å²) in [6.45, 7) is 9.47. The van der Waals surface area contributed by atoms with Crippen molar-refractivity contribution >= 4 is 15.5 Å². The zero-order valence-electron chi connectivity index (χ0n) is 11.3. The van der Waals surface area contributed by atoms with Crippen LogP contribution in [0.15, 0.2) is 18.2 Å². The van der Waals surface area contributed by atoms with Crippen molar-refractivity contribution in [1.29, 1.82) is 0 Å². The van der Waals surface area contributed by atoms with Crippen LogP contribution in [0.2, 0.25) is 5.04 Å². The Labute approximate surface area is 108 Å². The van der Waals surface area contributed by atoms with Gasteiger partial charge in [0.15, 0.2) is 0 Å². The van der Waals surface area contributed by atoms with Crippen molar-refractivity contribution in [3.05, 3.63) is 29.3 Å². The smallest absolute Gasteiger partial charge is 0.236 e. The normalized spacial score (nSPS) is 11.8. The van der Waals surface area contributed by atoms with E-state index in [1.165, 1.54) is 18.4 Å². The average Bonchev–Trinajstić information content (AvgIpc) is 2.24. The van der Waals surface area contributed by atoms with Gasteiger partial charge in [0.25, 0.3) is 0 Å². The highest BCUT2D eigenvalue weighted by Gasteiger charge is 2.19. The van der Waals surface area contributed by atoms with Gasteiger partial charge in [-0.3, -0.25) is 0 Å². The Hall–Kier alpha value is -0.803. The van der Waals surface area contributed by atoms with E-state index in [0.717, 1.165) is 11.3 Å². The highest BCUT2D eigenvalue weighted by molar-refractivity contribution is 6.31. The fourth-order valence-corrected chi connectivity index (χ4v) is 2.82. The van der Waals surface area contributed by atoms with Gasteiger partial charge in [-0.25, -0.2) is 0 Å². The Morgan fingerprint density at radius 2 is 2.06 bits per heavy atom. The van der Waals surface area contributed by atoms with E-state index in [4.69, 9.17) is 10.2 Å². The maximum absolute atomic E-state index is 5.87. The standard InChI is InChI=1S/C14H23NOSi/c1-5-9-14(3,4)17-16-10-12-7-6-8-13(15)11(12)2/h6-8H,5,9-10,15H2,1-4H3. The molecule has 1 aromatic rings. The van der Waals surface area contributed by atoms with Gasteiger partial charge in [0, 0.05) is 5.69 Å². The van der Waals surface area contributed by atoms with E-state index >= 15 is 0 Å². The highest BCUT2D eigenvalue weighted by atomic mass is 28.2. The molecule has 0 atom stereocenters. The largest absolute Gasteiger partial charge is 0.413 e. The summed E-state index contributed by atoms with van der Waals surface area (Å²) in [5, 5.41) is 0.295. The molecule has 0 aliphatic carbocycles. The zero-order chi connectivity index (χ0) is 12.9. The van der Waals surface area contributed by atoms with Crippen LogP contribution in [0.5, 0.6) is 0 Å². The molecule has 3 heteroatoms. The van der Waals surface area contributed by atoms with Gasteiger partial charge in [-0.1, -0.05) is 39.3 Å². The summed E-state index contributed by atoms with van der Waals surface area (Å²) in [5.74, 6) is 0. The molecule has 94 valence electrons. The van der Waals surface area contributed by atoms with Crippen molar-refractivity contribution in [3.63, 3.8) is 0 Å². The van der Waals surface area contributed by atoms with Gasteiger partial charge in [0.1, 0.15) is 0 Å². The Bertz CT molecular complexity index is 363. The van der Waals surface area contributed by atoms with E-state index < -0.39 is 0 Å². The second-order valence-electron chi connectivity index (χ2n) is 5.16. The number of nitrogens with two attached hydrogens (primary N) is 1. The summed E-state index contributed by atoms with van der Waals surface area (Å²) in [7, 11) is 0.544. The Morgan fingerprint density at radius 1 is 1.35 bits per heavy atom. The number of anilines is 1. The molecule has 0 saturated heterocycles. The highest BCUT2D eigenvalue weighted by Crippen LogP contribution is 2.29. The fourth-order valence-electron chi connectivity index (χ4n) is 1.84. The van der Waals surface area contributed by atoms with Gasteiger partial charge < -0.3 is 10.2 Å². The molecule has 2 N–H and O–H groups in total. The van der Waals surface area contributed by atoms with Gasteiger partial charge >= 0.3 is 0 Å². The molecule has 0 aliphatic heterocycles. The molecule has 0 amide bonds. The monoisotopic (exact) mass is 249 g/mol. The van der Waals surface area contributed by atoms with Crippen LogP contribution < -0.4 is 5.73 Å². The van der Waals surface area contributed by atoms with E-state index in [9.17, 15) is 0 Å². The quantitative estimate of drug-likeness (QED) is 0.616. The predicted molar refractivity (Wildman–Crippen MR) is 75.1 cm³/mol. The molecule has 1 aromatic carbocycles. The Kier molecular flexibility index (Phi) is 5.21. The molecule has 2 nitrogen and oxygen atoms in total. The van der Waals surface area contributed by atoms with E-state index in [-0.39, 0.29) is 0 Å². The molecule has 0 saturated carbocycles. The van der Waals surface area contributed by atoms with Gasteiger partial charge in [0.05, 0.1) is 6.61 Å². The van der Waals surface area contributed by atoms with Gasteiger partial charge in [-0.05, 0) is 35.6 Å². The van der Waals surface area contributed by atoms with E-state index in [2.05, 4.69) is 26.8 Å². The van der Waals surface area contributed by atoms with Crippen molar-refractivity contribution in [2.24, 2.45) is 0 Å². The first kappa shape index (κ1) is 14.3. The summed E-state index contributed by atoms with van der Waals surface area (Å²) < 4.78 is 5.85. The van der Waals surface area contributed by atoms with Crippen LogP contribution in [0.4, 0.5) is 5.69 Å². The molecule has 0 unspecified atom stereocenters. The van der Waals surface area contributed by atoms with Crippen LogP contribution in [0.1, 0.15) is 44.7 Å². The van der Waals surface area contributed by atoms with E-state index in [1.807, 2.05) is 19.1 Å². The third-order valence-electron chi connectivity index (χ3n) is 2.94. The van der Waals surface area contributed by atoms with Gasteiger partial charge in [0.2, 0.25) is 9.76 Å². The van der Waals surface area contributed by atoms with Crippen LogP contribution in [-0.2, 0) is 11.0 Å². The second-order valence-corrected chi connectivity index (χ2v) is 7.00.